The molecule has 0 bridgehead atoms. The number of hydrogen-bond acceptors (Lipinski definition) is 6. The van der Waals surface area contributed by atoms with E-state index >= 15 is 0 Å². The van der Waals surface area contributed by atoms with Crippen molar-refractivity contribution >= 4 is 22.9 Å². The molecule has 21 heavy (non-hydrogen) atoms. The minimum absolute atomic E-state index is 0.00873. The van der Waals surface area contributed by atoms with E-state index in [4.69, 9.17) is 10.5 Å². The summed E-state index contributed by atoms with van der Waals surface area (Å²) in [5.41, 5.74) is 8.47. The molecule has 6 heteroatoms. The van der Waals surface area contributed by atoms with Gasteiger partial charge in [0.2, 0.25) is 5.88 Å². The molecule has 6 nitrogen and oxygen atoms in total. The molecule has 0 saturated carbocycles. The van der Waals surface area contributed by atoms with Crippen molar-refractivity contribution in [1.82, 2.24) is 9.97 Å². The first-order valence-electron chi connectivity index (χ1n) is 6.79. The summed E-state index contributed by atoms with van der Waals surface area (Å²) in [4.78, 5) is 10.3. The van der Waals surface area contributed by atoms with Gasteiger partial charge in [-0.25, -0.2) is 4.98 Å². The van der Waals surface area contributed by atoms with Gasteiger partial charge in [-0.05, 0) is 38.1 Å². The third-order valence-electron chi connectivity index (χ3n) is 2.84. The standard InChI is InChI=1S/C15H21N5O/c1-10(2)21-15-13(16)14(17-9-18-15)19-11-5-7-12(8-6-11)20(3)4/h5-10H,16H2,1-4H3,(H,17,18,19). The summed E-state index contributed by atoms with van der Waals surface area (Å²) < 4.78 is 5.55. The molecule has 0 amide bonds. The van der Waals surface area contributed by atoms with E-state index in [1.807, 2.05) is 57.1 Å². The number of ether oxygens (including phenoxy) is 1. The van der Waals surface area contributed by atoms with Crippen molar-refractivity contribution in [1.29, 1.82) is 0 Å². The Morgan fingerprint density at radius 1 is 1.14 bits per heavy atom. The van der Waals surface area contributed by atoms with E-state index in [2.05, 4.69) is 15.3 Å². The maximum absolute atomic E-state index is 6.04. The van der Waals surface area contributed by atoms with Gasteiger partial charge in [-0.2, -0.15) is 4.98 Å². The third kappa shape index (κ3) is 3.75. The van der Waals surface area contributed by atoms with Crippen molar-refractivity contribution in [2.45, 2.75) is 20.0 Å². The second-order valence-corrected chi connectivity index (χ2v) is 5.17. The maximum Gasteiger partial charge on any atom is 0.242 e. The molecule has 1 aromatic heterocycles. The first kappa shape index (κ1) is 14.9. The molecule has 0 aliphatic carbocycles. The van der Waals surface area contributed by atoms with Crippen molar-refractivity contribution in [3.63, 3.8) is 0 Å². The van der Waals surface area contributed by atoms with Gasteiger partial charge in [0.25, 0.3) is 0 Å². The number of benzene rings is 1. The zero-order valence-corrected chi connectivity index (χ0v) is 12.8. The van der Waals surface area contributed by atoms with Gasteiger partial charge in [-0.1, -0.05) is 0 Å². The van der Waals surface area contributed by atoms with Crippen molar-refractivity contribution in [2.75, 3.05) is 30.0 Å². The predicted molar refractivity (Wildman–Crippen MR) is 86.3 cm³/mol. The van der Waals surface area contributed by atoms with Crippen LogP contribution >= 0.6 is 0 Å². The van der Waals surface area contributed by atoms with Gasteiger partial charge in [0.05, 0.1) is 6.10 Å². The number of hydrogen-bond donors (Lipinski definition) is 2. The van der Waals surface area contributed by atoms with E-state index < -0.39 is 0 Å². The fraction of sp³-hybridized carbons (Fsp3) is 0.333. The van der Waals surface area contributed by atoms with Gasteiger partial charge >= 0.3 is 0 Å². The largest absolute Gasteiger partial charge is 0.473 e. The quantitative estimate of drug-likeness (QED) is 0.880. The van der Waals surface area contributed by atoms with Crippen LogP contribution < -0.4 is 20.7 Å². The zero-order valence-electron chi connectivity index (χ0n) is 12.8. The Bertz CT molecular complexity index is 596. The SMILES string of the molecule is CC(C)Oc1ncnc(Nc2ccc(N(C)C)cc2)c1N. The van der Waals surface area contributed by atoms with Gasteiger partial charge in [0.15, 0.2) is 5.82 Å². The van der Waals surface area contributed by atoms with Crippen LogP contribution in [0, 0.1) is 0 Å². The van der Waals surface area contributed by atoms with Crippen molar-refractivity contribution < 1.29 is 4.74 Å². The number of nitrogens with zero attached hydrogens (tertiary/aromatic N) is 3. The molecule has 0 aliphatic heterocycles. The molecular formula is C15H21N5O. The summed E-state index contributed by atoms with van der Waals surface area (Å²) in [7, 11) is 4.00. The highest BCUT2D eigenvalue weighted by Crippen LogP contribution is 2.28. The average molecular weight is 287 g/mol. The highest BCUT2D eigenvalue weighted by molar-refractivity contribution is 5.72. The molecule has 0 radical (unpaired) electrons. The molecule has 2 rings (SSSR count). The predicted octanol–water partition coefficient (Wildman–Crippen LogP) is 2.66. The number of nitrogen functional groups attached to an aromatic ring is 1. The van der Waals surface area contributed by atoms with E-state index in [1.165, 1.54) is 6.33 Å². The summed E-state index contributed by atoms with van der Waals surface area (Å²) in [5.74, 6) is 0.936. The molecule has 2 aromatic rings. The minimum Gasteiger partial charge on any atom is -0.473 e. The molecule has 1 aromatic carbocycles. The Morgan fingerprint density at radius 2 is 1.81 bits per heavy atom. The van der Waals surface area contributed by atoms with Crippen LogP contribution in [-0.4, -0.2) is 30.2 Å². The van der Waals surface area contributed by atoms with Crippen LogP contribution in [0.25, 0.3) is 0 Å². The van der Waals surface area contributed by atoms with Crippen LogP contribution in [-0.2, 0) is 0 Å². The van der Waals surface area contributed by atoms with Gasteiger partial charge in [0.1, 0.15) is 12.0 Å². The Balaban J connectivity index is 2.19. The second kappa shape index (κ2) is 6.30. The fourth-order valence-corrected chi connectivity index (χ4v) is 1.78. The molecule has 1 heterocycles. The van der Waals surface area contributed by atoms with Crippen molar-refractivity contribution in [2.24, 2.45) is 0 Å². The average Bonchev–Trinajstić information content (AvgIpc) is 2.43. The number of aromatic nitrogens is 2. The van der Waals surface area contributed by atoms with E-state index in [0.717, 1.165) is 11.4 Å². The molecule has 0 aliphatic rings. The zero-order chi connectivity index (χ0) is 15.4. The minimum atomic E-state index is 0.00873. The van der Waals surface area contributed by atoms with Crippen LogP contribution in [0.15, 0.2) is 30.6 Å². The molecular weight excluding hydrogens is 266 g/mol. The third-order valence-corrected chi connectivity index (χ3v) is 2.84. The molecule has 0 saturated heterocycles. The smallest absolute Gasteiger partial charge is 0.242 e. The van der Waals surface area contributed by atoms with E-state index in [9.17, 15) is 0 Å². The highest BCUT2D eigenvalue weighted by Gasteiger charge is 2.10. The summed E-state index contributed by atoms with van der Waals surface area (Å²) in [5, 5.41) is 3.18. The van der Waals surface area contributed by atoms with Crippen LogP contribution in [0.4, 0.5) is 22.9 Å². The van der Waals surface area contributed by atoms with Crippen LogP contribution in [0.3, 0.4) is 0 Å². The summed E-state index contributed by atoms with van der Waals surface area (Å²) in [6.07, 6.45) is 1.44. The van der Waals surface area contributed by atoms with Gasteiger partial charge < -0.3 is 20.7 Å². The van der Waals surface area contributed by atoms with Gasteiger partial charge in [-0.3, -0.25) is 0 Å². The van der Waals surface area contributed by atoms with E-state index in [1.54, 1.807) is 0 Å². The molecule has 0 atom stereocenters. The number of anilines is 4. The monoisotopic (exact) mass is 287 g/mol. The number of nitrogens with one attached hydrogen (secondary N) is 1. The van der Waals surface area contributed by atoms with Crippen LogP contribution in [0.5, 0.6) is 5.88 Å². The van der Waals surface area contributed by atoms with E-state index in [0.29, 0.717) is 17.4 Å². The first-order valence-corrected chi connectivity index (χ1v) is 6.79. The van der Waals surface area contributed by atoms with Crippen LogP contribution in [0.2, 0.25) is 0 Å². The molecule has 3 N–H and O–H groups in total. The lowest BCUT2D eigenvalue weighted by Crippen LogP contribution is -2.11. The Hall–Kier alpha value is -2.50. The van der Waals surface area contributed by atoms with Crippen molar-refractivity contribution in [3.05, 3.63) is 30.6 Å². The Morgan fingerprint density at radius 3 is 2.38 bits per heavy atom. The Kier molecular flexibility index (Phi) is 4.47. The topological polar surface area (TPSA) is 76.3 Å². The second-order valence-electron chi connectivity index (χ2n) is 5.17. The number of rotatable bonds is 5. The highest BCUT2D eigenvalue weighted by atomic mass is 16.5. The first-order chi connectivity index (χ1) is 9.97. The summed E-state index contributed by atoms with van der Waals surface area (Å²) in [6, 6.07) is 7.98. The lowest BCUT2D eigenvalue weighted by molar-refractivity contribution is 0.234. The molecule has 112 valence electrons. The fourth-order valence-electron chi connectivity index (χ4n) is 1.78. The van der Waals surface area contributed by atoms with Gasteiger partial charge in [0, 0.05) is 25.5 Å². The summed E-state index contributed by atoms with van der Waals surface area (Å²) in [6.45, 7) is 3.85. The summed E-state index contributed by atoms with van der Waals surface area (Å²) >= 11 is 0. The van der Waals surface area contributed by atoms with Crippen LogP contribution in [0.1, 0.15) is 13.8 Å². The maximum atomic E-state index is 6.04. The molecule has 0 fully saturated rings. The van der Waals surface area contributed by atoms with Gasteiger partial charge in [-0.15, -0.1) is 0 Å². The van der Waals surface area contributed by atoms with Crippen molar-refractivity contribution in [3.8, 4) is 5.88 Å². The number of nitrogens with two attached hydrogens (primary N) is 1. The Labute approximate surface area is 125 Å². The lowest BCUT2D eigenvalue weighted by atomic mass is 10.2. The molecule has 0 spiro atoms. The lowest BCUT2D eigenvalue weighted by Gasteiger charge is -2.15. The molecule has 0 unspecified atom stereocenters. The normalized spacial score (nSPS) is 10.5. The van der Waals surface area contributed by atoms with E-state index in [-0.39, 0.29) is 6.10 Å².